The first-order valence-electron chi connectivity index (χ1n) is 5.30. The average Bonchev–Trinajstić information content (AvgIpc) is 2.17. The number of aromatic nitrogens is 1. The monoisotopic (exact) mass is 225 g/mol. The topological polar surface area (TPSA) is 28.2 Å². The molecule has 1 N–H and O–H groups in total. The molecule has 1 aromatic heterocycles. The average molecular weight is 226 g/mol. The van der Waals surface area contributed by atoms with Crippen LogP contribution < -0.4 is 5.32 Å². The predicted molar refractivity (Wildman–Crippen MR) is 62.0 cm³/mol. The molecule has 0 amide bonds. The number of rotatable bonds is 2. The molecule has 1 fully saturated rings. The summed E-state index contributed by atoms with van der Waals surface area (Å²) in [6.07, 6.45) is 1.77. The highest BCUT2D eigenvalue weighted by Crippen LogP contribution is 2.11. The minimum Gasteiger partial charge on any atom is -0.312 e. The molecule has 0 spiro atoms. The van der Waals surface area contributed by atoms with E-state index in [4.69, 9.17) is 11.6 Å². The van der Waals surface area contributed by atoms with Gasteiger partial charge < -0.3 is 5.32 Å². The van der Waals surface area contributed by atoms with Gasteiger partial charge >= 0.3 is 0 Å². The highest BCUT2D eigenvalue weighted by molar-refractivity contribution is 6.29. The van der Waals surface area contributed by atoms with Crippen LogP contribution in [0.15, 0.2) is 18.3 Å². The molecule has 0 bridgehead atoms. The van der Waals surface area contributed by atoms with Crippen molar-refractivity contribution in [2.75, 3.05) is 19.6 Å². The van der Waals surface area contributed by atoms with Crippen molar-refractivity contribution in [1.82, 2.24) is 15.2 Å². The van der Waals surface area contributed by atoms with Gasteiger partial charge in [-0.2, -0.15) is 0 Å². The summed E-state index contributed by atoms with van der Waals surface area (Å²) in [5.74, 6) is 0. The Morgan fingerprint density at radius 1 is 1.67 bits per heavy atom. The van der Waals surface area contributed by atoms with Gasteiger partial charge in [0.15, 0.2) is 0 Å². The van der Waals surface area contributed by atoms with Gasteiger partial charge in [0.25, 0.3) is 0 Å². The smallest absolute Gasteiger partial charge is 0.129 e. The first kappa shape index (κ1) is 10.9. The van der Waals surface area contributed by atoms with Crippen LogP contribution in [0.4, 0.5) is 0 Å². The molecule has 1 saturated heterocycles. The molecule has 0 unspecified atom stereocenters. The van der Waals surface area contributed by atoms with Crippen LogP contribution in [-0.2, 0) is 6.54 Å². The van der Waals surface area contributed by atoms with Gasteiger partial charge in [0.2, 0.25) is 0 Å². The lowest BCUT2D eigenvalue weighted by molar-refractivity contribution is 0.199. The maximum absolute atomic E-state index is 5.85. The van der Waals surface area contributed by atoms with E-state index in [9.17, 15) is 0 Å². The molecule has 4 heteroatoms. The Kier molecular flexibility index (Phi) is 3.57. The second-order valence-electron chi connectivity index (χ2n) is 4.08. The lowest BCUT2D eigenvalue weighted by Crippen LogP contribution is -2.48. The normalized spacial score (nSPS) is 22.9. The minimum absolute atomic E-state index is 0.579. The van der Waals surface area contributed by atoms with Gasteiger partial charge in [0, 0.05) is 38.4 Å². The molecule has 2 rings (SSSR count). The van der Waals surface area contributed by atoms with E-state index >= 15 is 0 Å². The molecule has 3 nitrogen and oxygen atoms in total. The number of halogens is 1. The van der Waals surface area contributed by atoms with Crippen molar-refractivity contribution in [2.24, 2.45) is 0 Å². The molecule has 0 radical (unpaired) electrons. The molecule has 1 aromatic rings. The highest BCUT2D eigenvalue weighted by Gasteiger charge is 2.15. The van der Waals surface area contributed by atoms with Gasteiger partial charge in [-0.15, -0.1) is 0 Å². The SMILES string of the molecule is C[C@@H]1CN(Cc2ccnc(Cl)c2)CCN1. The van der Waals surface area contributed by atoms with Crippen LogP contribution in [0.1, 0.15) is 12.5 Å². The largest absolute Gasteiger partial charge is 0.312 e. The molecule has 2 heterocycles. The third kappa shape index (κ3) is 3.16. The standard InChI is InChI=1S/C11H16ClN3/c1-9-7-15(5-4-13-9)8-10-2-3-14-11(12)6-10/h2-3,6,9,13H,4-5,7-8H2,1H3/t9-/m1/s1. The fraction of sp³-hybridized carbons (Fsp3) is 0.545. The van der Waals surface area contributed by atoms with Crippen LogP contribution in [-0.4, -0.2) is 35.6 Å². The molecular weight excluding hydrogens is 210 g/mol. The Morgan fingerprint density at radius 3 is 3.27 bits per heavy atom. The zero-order chi connectivity index (χ0) is 10.7. The first-order chi connectivity index (χ1) is 7.24. The van der Waals surface area contributed by atoms with Gasteiger partial charge in [0.05, 0.1) is 0 Å². The van der Waals surface area contributed by atoms with E-state index < -0.39 is 0 Å². The lowest BCUT2D eigenvalue weighted by Gasteiger charge is -2.31. The second kappa shape index (κ2) is 4.92. The summed E-state index contributed by atoms with van der Waals surface area (Å²) in [6, 6.07) is 4.54. The van der Waals surface area contributed by atoms with Crippen LogP contribution in [0.3, 0.4) is 0 Å². The zero-order valence-corrected chi connectivity index (χ0v) is 9.67. The number of hydrogen-bond donors (Lipinski definition) is 1. The molecule has 82 valence electrons. The second-order valence-corrected chi connectivity index (χ2v) is 4.46. The Hall–Kier alpha value is -0.640. The predicted octanol–water partition coefficient (Wildman–Crippen LogP) is 1.53. The van der Waals surface area contributed by atoms with Crippen molar-refractivity contribution in [3.63, 3.8) is 0 Å². The Labute approximate surface area is 95.4 Å². The van der Waals surface area contributed by atoms with Crippen molar-refractivity contribution < 1.29 is 0 Å². The van der Waals surface area contributed by atoms with Crippen molar-refractivity contribution in [1.29, 1.82) is 0 Å². The third-order valence-corrected chi connectivity index (χ3v) is 2.86. The van der Waals surface area contributed by atoms with Crippen LogP contribution in [0.25, 0.3) is 0 Å². The summed E-state index contributed by atoms with van der Waals surface area (Å²) in [6.45, 7) is 6.45. The van der Waals surface area contributed by atoms with Gasteiger partial charge in [0.1, 0.15) is 5.15 Å². The van der Waals surface area contributed by atoms with Crippen molar-refractivity contribution in [3.8, 4) is 0 Å². The Balaban J connectivity index is 1.96. The molecule has 15 heavy (non-hydrogen) atoms. The van der Waals surface area contributed by atoms with Crippen LogP contribution in [0.5, 0.6) is 0 Å². The summed E-state index contributed by atoms with van der Waals surface area (Å²) in [5.41, 5.74) is 1.24. The van der Waals surface area contributed by atoms with E-state index in [1.165, 1.54) is 5.56 Å². The fourth-order valence-corrected chi connectivity index (χ4v) is 2.15. The molecule has 0 aliphatic carbocycles. The molecule has 0 aromatic carbocycles. The van der Waals surface area contributed by atoms with Crippen LogP contribution >= 0.6 is 11.6 Å². The lowest BCUT2D eigenvalue weighted by atomic mass is 10.2. The van der Waals surface area contributed by atoms with Gasteiger partial charge in [-0.1, -0.05) is 11.6 Å². The van der Waals surface area contributed by atoms with E-state index in [1.807, 2.05) is 12.1 Å². The first-order valence-corrected chi connectivity index (χ1v) is 5.68. The molecule has 1 aliphatic rings. The van der Waals surface area contributed by atoms with E-state index in [1.54, 1.807) is 6.20 Å². The summed E-state index contributed by atoms with van der Waals surface area (Å²) in [4.78, 5) is 6.42. The van der Waals surface area contributed by atoms with Gasteiger partial charge in [-0.3, -0.25) is 4.90 Å². The number of pyridine rings is 1. The van der Waals surface area contributed by atoms with Crippen LogP contribution in [0.2, 0.25) is 5.15 Å². The molecular formula is C11H16ClN3. The summed E-state index contributed by atoms with van der Waals surface area (Å²) in [7, 11) is 0. The molecule has 1 aliphatic heterocycles. The number of piperazine rings is 1. The minimum atomic E-state index is 0.579. The van der Waals surface area contributed by atoms with E-state index in [0.29, 0.717) is 11.2 Å². The summed E-state index contributed by atoms with van der Waals surface area (Å²) in [5, 5.41) is 4.01. The van der Waals surface area contributed by atoms with Gasteiger partial charge in [-0.05, 0) is 24.6 Å². The zero-order valence-electron chi connectivity index (χ0n) is 8.91. The van der Waals surface area contributed by atoms with E-state index in [0.717, 1.165) is 26.2 Å². The fourth-order valence-electron chi connectivity index (χ4n) is 1.95. The maximum atomic E-state index is 5.85. The number of nitrogens with one attached hydrogen (secondary N) is 1. The maximum Gasteiger partial charge on any atom is 0.129 e. The van der Waals surface area contributed by atoms with E-state index in [2.05, 4.69) is 22.1 Å². The number of hydrogen-bond acceptors (Lipinski definition) is 3. The highest BCUT2D eigenvalue weighted by atomic mass is 35.5. The van der Waals surface area contributed by atoms with Crippen molar-refractivity contribution in [2.45, 2.75) is 19.5 Å². The summed E-state index contributed by atoms with van der Waals surface area (Å²) >= 11 is 5.85. The molecule has 1 atom stereocenters. The molecule has 0 saturated carbocycles. The number of nitrogens with zero attached hydrogens (tertiary/aromatic N) is 2. The van der Waals surface area contributed by atoms with Crippen molar-refractivity contribution >= 4 is 11.6 Å². The van der Waals surface area contributed by atoms with E-state index in [-0.39, 0.29) is 0 Å². The quantitative estimate of drug-likeness (QED) is 0.774. The Bertz CT molecular complexity index is 329. The van der Waals surface area contributed by atoms with Gasteiger partial charge in [-0.25, -0.2) is 4.98 Å². The summed E-state index contributed by atoms with van der Waals surface area (Å²) < 4.78 is 0. The van der Waals surface area contributed by atoms with Crippen LogP contribution in [0, 0.1) is 0 Å². The Morgan fingerprint density at radius 2 is 2.53 bits per heavy atom. The van der Waals surface area contributed by atoms with Crippen molar-refractivity contribution in [3.05, 3.63) is 29.0 Å². The third-order valence-electron chi connectivity index (χ3n) is 2.65.